The van der Waals surface area contributed by atoms with Crippen LogP contribution >= 0.6 is 0 Å². The van der Waals surface area contributed by atoms with E-state index in [1.165, 1.54) is 0 Å². The number of aromatic amines is 1. The Balaban J connectivity index is 2.17. The molecule has 0 aliphatic carbocycles. The quantitative estimate of drug-likeness (QED) is 0.881. The van der Waals surface area contributed by atoms with Gasteiger partial charge in [0.05, 0.1) is 7.11 Å². The van der Waals surface area contributed by atoms with Crippen molar-refractivity contribution in [2.45, 2.75) is 20.4 Å². The van der Waals surface area contributed by atoms with Gasteiger partial charge in [-0.3, -0.25) is 9.78 Å². The maximum absolute atomic E-state index is 11.6. The van der Waals surface area contributed by atoms with Crippen LogP contribution in [-0.4, -0.2) is 17.1 Å². The second kappa shape index (κ2) is 5.56. The summed E-state index contributed by atoms with van der Waals surface area (Å²) in [6, 6.07) is 7.72. The van der Waals surface area contributed by atoms with Crippen LogP contribution in [0.15, 0.2) is 29.1 Å². The van der Waals surface area contributed by atoms with Crippen LogP contribution in [0, 0.1) is 13.8 Å². The molecule has 1 heterocycles. The van der Waals surface area contributed by atoms with Crippen molar-refractivity contribution >= 4 is 5.95 Å². The van der Waals surface area contributed by atoms with E-state index in [4.69, 9.17) is 4.74 Å². The number of nitrogens with one attached hydrogen (secondary N) is 2. The minimum absolute atomic E-state index is 0.116. The van der Waals surface area contributed by atoms with Gasteiger partial charge in [0.25, 0.3) is 5.56 Å². The number of ether oxygens (including phenoxy) is 1. The van der Waals surface area contributed by atoms with Crippen LogP contribution < -0.4 is 15.6 Å². The Morgan fingerprint density at radius 3 is 2.74 bits per heavy atom. The van der Waals surface area contributed by atoms with Crippen LogP contribution in [0.5, 0.6) is 5.75 Å². The summed E-state index contributed by atoms with van der Waals surface area (Å²) in [7, 11) is 1.63. The molecule has 1 aromatic carbocycles. The van der Waals surface area contributed by atoms with Crippen molar-refractivity contribution in [2.75, 3.05) is 12.4 Å². The van der Waals surface area contributed by atoms with Gasteiger partial charge in [-0.2, -0.15) is 0 Å². The number of hydrogen-bond acceptors (Lipinski definition) is 4. The first-order chi connectivity index (χ1) is 9.11. The SMILES string of the molecule is COc1ccccc1CNc1nc(C)c(C)c(=O)[nH]1. The van der Waals surface area contributed by atoms with Crippen molar-refractivity contribution in [3.8, 4) is 5.75 Å². The topological polar surface area (TPSA) is 67.0 Å². The molecule has 2 N–H and O–H groups in total. The molecule has 0 amide bonds. The Morgan fingerprint density at radius 1 is 1.32 bits per heavy atom. The molecule has 0 saturated heterocycles. The molecule has 5 heteroatoms. The number of para-hydroxylation sites is 1. The Hall–Kier alpha value is -2.30. The predicted molar refractivity (Wildman–Crippen MR) is 74.7 cm³/mol. The molecule has 5 nitrogen and oxygen atoms in total. The number of nitrogens with zero attached hydrogens (tertiary/aromatic N) is 1. The van der Waals surface area contributed by atoms with E-state index in [-0.39, 0.29) is 5.56 Å². The highest BCUT2D eigenvalue weighted by Crippen LogP contribution is 2.17. The number of aryl methyl sites for hydroxylation is 1. The summed E-state index contributed by atoms with van der Waals surface area (Å²) in [6.45, 7) is 4.11. The average Bonchev–Trinajstić information content (AvgIpc) is 2.42. The highest BCUT2D eigenvalue weighted by molar-refractivity contribution is 5.37. The van der Waals surface area contributed by atoms with Crippen LogP contribution in [0.2, 0.25) is 0 Å². The molecule has 0 radical (unpaired) electrons. The van der Waals surface area contributed by atoms with Crippen LogP contribution in [0.3, 0.4) is 0 Å². The summed E-state index contributed by atoms with van der Waals surface area (Å²) in [6.07, 6.45) is 0. The van der Waals surface area contributed by atoms with Gasteiger partial charge in [0, 0.05) is 23.4 Å². The van der Waals surface area contributed by atoms with Crippen LogP contribution in [-0.2, 0) is 6.54 Å². The minimum atomic E-state index is -0.116. The van der Waals surface area contributed by atoms with E-state index in [9.17, 15) is 4.79 Å². The van der Waals surface area contributed by atoms with Crippen molar-refractivity contribution in [1.29, 1.82) is 0 Å². The first-order valence-corrected chi connectivity index (χ1v) is 6.05. The third-order valence-corrected chi connectivity index (χ3v) is 3.03. The van der Waals surface area contributed by atoms with E-state index in [0.29, 0.717) is 18.1 Å². The number of benzene rings is 1. The minimum Gasteiger partial charge on any atom is -0.496 e. The molecule has 100 valence electrons. The van der Waals surface area contributed by atoms with Gasteiger partial charge in [-0.25, -0.2) is 4.98 Å². The van der Waals surface area contributed by atoms with Gasteiger partial charge in [-0.05, 0) is 19.9 Å². The molecule has 0 aliphatic rings. The fraction of sp³-hybridized carbons (Fsp3) is 0.286. The second-order valence-corrected chi connectivity index (χ2v) is 4.29. The molecular formula is C14H17N3O2. The molecule has 0 bridgehead atoms. The van der Waals surface area contributed by atoms with Crippen molar-refractivity contribution < 1.29 is 4.74 Å². The fourth-order valence-electron chi connectivity index (χ4n) is 1.76. The molecule has 0 aliphatic heterocycles. The van der Waals surface area contributed by atoms with Crippen LogP contribution in [0.4, 0.5) is 5.95 Å². The van der Waals surface area contributed by atoms with E-state index in [1.54, 1.807) is 14.0 Å². The number of methoxy groups -OCH3 is 1. The molecule has 0 unspecified atom stereocenters. The summed E-state index contributed by atoms with van der Waals surface area (Å²) in [5.41, 5.74) is 2.26. The summed E-state index contributed by atoms with van der Waals surface area (Å²) < 4.78 is 5.27. The van der Waals surface area contributed by atoms with Gasteiger partial charge in [-0.1, -0.05) is 18.2 Å². The summed E-state index contributed by atoms with van der Waals surface area (Å²) in [5.74, 6) is 1.28. The van der Waals surface area contributed by atoms with Crippen molar-refractivity contribution in [3.63, 3.8) is 0 Å². The molecule has 0 spiro atoms. The molecule has 0 atom stereocenters. The van der Waals surface area contributed by atoms with E-state index < -0.39 is 0 Å². The number of H-pyrrole nitrogens is 1. The third kappa shape index (κ3) is 2.93. The number of rotatable bonds is 4. The molecule has 0 saturated carbocycles. The van der Waals surface area contributed by atoms with E-state index >= 15 is 0 Å². The van der Waals surface area contributed by atoms with Gasteiger partial charge in [0.2, 0.25) is 5.95 Å². The zero-order chi connectivity index (χ0) is 13.8. The van der Waals surface area contributed by atoms with Gasteiger partial charge in [0.15, 0.2) is 0 Å². The normalized spacial score (nSPS) is 10.3. The van der Waals surface area contributed by atoms with Crippen LogP contribution in [0.25, 0.3) is 0 Å². The summed E-state index contributed by atoms with van der Waals surface area (Å²) in [5, 5.41) is 3.10. The summed E-state index contributed by atoms with van der Waals surface area (Å²) in [4.78, 5) is 18.6. The molecule has 2 aromatic rings. The van der Waals surface area contributed by atoms with Gasteiger partial charge >= 0.3 is 0 Å². The Labute approximate surface area is 111 Å². The Kier molecular flexibility index (Phi) is 3.85. The molecule has 2 rings (SSSR count). The molecular weight excluding hydrogens is 242 g/mol. The van der Waals surface area contributed by atoms with Gasteiger partial charge in [0.1, 0.15) is 5.75 Å². The van der Waals surface area contributed by atoms with Crippen molar-refractivity contribution in [1.82, 2.24) is 9.97 Å². The monoisotopic (exact) mass is 259 g/mol. The lowest BCUT2D eigenvalue weighted by Gasteiger charge is -2.10. The van der Waals surface area contributed by atoms with Crippen LogP contribution in [0.1, 0.15) is 16.8 Å². The standard InChI is InChI=1S/C14H17N3O2/c1-9-10(2)16-14(17-13(9)18)15-8-11-6-4-5-7-12(11)19-3/h4-7H,8H2,1-3H3,(H2,15,16,17,18). The predicted octanol–water partition coefficient (Wildman–Crippen LogP) is 2.01. The fourth-order valence-corrected chi connectivity index (χ4v) is 1.76. The maximum atomic E-state index is 11.6. The first-order valence-electron chi connectivity index (χ1n) is 6.05. The lowest BCUT2D eigenvalue weighted by Crippen LogP contribution is -2.17. The van der Waals surface area contributed by atoms with E-state index in [2.05, 4.69) is 15.3 Å². The summed E-state index contributed by atoms with van der Waals surface area (Å²) >= 11 is 0. The molecule has 1 aromatic heterocycles. The average molecular weight is 259 g/mol. The largest absolute Gasteiger partial charge is 0.496 e. The van der Waals surface area contributed by atoms with Gasteiger partial charge in [-0.15, -0.1) is 0 Å². The van der Waals surface area contributed by atoms with E-state index in [1.807, 2.05) is 31.2 Å². The first kappa shape index (κ1) is 13.1. The Morgan fingerprint density at radius 2 is 2.05 bits per heavy atom. The number of hydrogen-bond donors (Lipinski definition) is 2. The van der Waals surface area contributed by atoms with Crippen molar-refractivity contribution in [2.24, 2.45) is 0 Å². The zero-order valence-corrected chi connectivity index (χ0v) is 11.3. The van der Waals surface area contributed by atoms with Gasteiger partial charge < -0.3 is 10.1 Å². The molecule has 19 heavy (non-hydrogen) atoms. The molecule has 0 fully saturated rings. The highest BCUT2D eigenvalue weighted by atomic mass is 16.5. The van der Waals surface area contributed by atoms with Crippen molar-refractivity contribution in [3.05, 3.63) is 51.4 Å². The van der Waals surface area contributed by atoms with E-state index in [0.717, 1.165) is 17.0 Å². The zero-order valence-electron chi connectivity index (χ0n) is 11.3. The highest BCUT2D eigenvalue weighted by Gasteiger charge is 2.05. The lowest BCUT2D eigenvalue weighted by atomic mass is 10.2. The third-order valence-electron chi connectivity index (χ3n) is 3.03. The second-order valence-electron chi connectivity index (χ2n) is 4.29. The number of aromatic nitrogens is 2. The maximum Gasteiger partial charge on any atom is 0.255 e. The smallest absolute Gasteiger partial charge is 0.255 e. The number of anilines is 1. The Bertz CT molecular complexity index is 635. The lowest BCUT2D eigenvalue weighted by molar-refractivity contribution is 0.410.